The Labute approximate surface area is 109 Å². The Balaban J connectivity index is 1.72. The summed E-state index contributed by atoms with van der Waals surface area (Å²) in [6.45, 7) is 9.78. The zero-order chi connectivity index (χ0) is 13.0. The van der Waals surface area contributed by atoms with Crippen LogP contribution in [-0.2, 0) is 6.54 Å². The lowest BCUT2D eigenvalue weighted by Crippen LogP contribution is -2.49. The van der Waals surface area contributed by atoms with E-state index < -0.39 is 0 Å². The van der Waals surface area contributed by atoms with Crippen LogP contribution in [0.4, 0.5) is 0 Å². The van der Waals surface area contributed by atoms with Crippen LogP contribution in [0, 0.1) is 23.7 Å². The lowest BCUT2D eigenvalue weighted by Gasteiger charge is -2.43. The summed E-state index contributed by atoms with van der Waals surface area (Å²) in [7, 11) is 0. The number of aryl methyl sites for hydroxylation is 1. The molecule has 0 aliphatic heterocycles. The molecule has 0 aromatic carbocycles. The summed E-state index contributed by atoms with van der Waals surface area (Å²) in [6, 6.07) is 0.552. The molecule has 2 saturated carbocycles. The van der Waals surface area contributed by atoms with Crippen LogP contribution in [0.25, 0.3) is 0 Å². The molecule has 18 heavy (non-hydrogen) atoms. The van der Waals surface area contributed by atoms with Gasteiger partial charge in [0.05, 0.1) is 6.54 Å². The van der Waals surface area contributed by atoms with E-state index in [2.05, 4.69) is 36.2 Å². The van der Waals surface area contributed by atoms with Crippen molar-refractivity contribution < 1.29 is 4.52 Å². The van der Waals surface area contributed by atoms with Gasteiger partial charge in [0.2, 0.25) is 5.89 Å². The number of hydrogen-bond donors (Lipinski definition) is 1. The van der Waals surface area contributed by atoms with Crippen molar-refractivity contribution in [2.45, 2.75) is 59.5 Å². The first-order valence-corrected chi connectivity index (χ1v) is 6.94. The fraction of sp³-hybridized carbons (Fsp3) is 0.857. The van der Waals surface area contributed by atoms with Crippen LogP contribution in [0.3, 0.4) is 0 Å². The molecule has 4 heteroatoms. The van der Waals surface area contributed by atoms with Crippen molar-refractivity contribution in [3.8, 4) is 0 Å². The molecule has 2 aliphatic carbocycles. The summed E-state index contributed by atoms with van der Waals surface area (Å²) >= 11 is 0. The molecule has 0 amide bonds. The Morgan fingerprint density at radius 3 is 2.72 bits per heavy atom. The van der Waals surface area contributed by atoms with Gasteiger partial charge in [-0.2, -0.15) is 4.98 Å². The minimum Gasteiger partial charge on any atom is -0.338 e. The fourth-order valence-electron chi connectivity index (χ4n) is 4.41. The predicted molar refractivity (Wildman–Crippen MR) is 68.9 cm³/mol. The number of fused-ring (bicyclic) bond motifs is 2. The summed E-state index contributed by atoms with van der Waals surface area (Å²) in [6.07, 6.45) is 4.10. The smallest absolute Gasteiger partial charge is 0.240 e. The molecular weight excluding hydrogens is 226 g/mol. The molecule has 0 radical (unpaired) electrons. The molecule has 1 aromatic heterocycles. The van der Waals surface area contributed by atoms with Crippen LogP contribution >= 0.6 is 0 Å². The normalized spacial score (nSPS) is 37.3. The zero-order valence-corrected chi connectivity index (χ0v) is 11.8. The van der Waals surface area contributed by atoms with E-state index in [0.29, 0.717) is 35.1 Å². The Morgan fingerprint density at radius 1 is 1.39 bits per heavy atom. The van der Waals surface area contributed by atoms with Crippen molar-refractivity contribution in [2.24, 2.45) is 16.7 Å². The molecule has 100 valence electrons. The van der Waals surface area contributed by atoms with E-state index in [0.717, 1.165) is 5.92 Å². The van der Waals surface area contributed by atoms with Crippen molar-refractivity contribution in [1.29, 1.82) is 0 Å². The third-order valence-electron chi connectivity index (χ3n) is 5.30. The lowest BCUT2D eigenvalue weighted by atomic mass is 9.68. The van der Waals surface area contributed by atoms with Crippen molar-refractivity contribution in [3.05, 3.63) is 11.7 Å². The van der Waals surface area contributed by atoms with E-state index in [9.17, 15) is 0 Å². The van der Waals surface area contributed by atoms with Crippen LogP contribution in [-0.4, -0.2) is 16.2 Å². The molecule has 3 unspecified atom stereocenters. The van der Waals surface area contributed by atoms with Gasteiger partial charge in [-0.05, 0) is 42.9 Å². The third-order valence-corrected chi connectivity index (χ3v) is 5.30. The third kappa shape index (κ3) is 1.69. The van der Waals surface area contributed by atoms with E-state index >= 15 is 0 Å². The number of aromatic nitrogens is 2. The summed E-state index contributed by atoms with van der Waals surface area (Å²) in [5, 5.41) is 7.51. The topological polar surface area (TPSA) is 51.0 Å². The minimum atomic E-state index is 0.377. The molecule has 1 aromatic rings. The molecule has 3 atom stereocenters. The minimum absolute atomic E-state index is 0.377. The van der Waals surface area contributed by atoms with Gasteiger partial charge in [-0.1, -0.05) is 25.9 Å². The number of rotatable bonds is 3. The zero-order valence-electron chi connectivity index (χ0n) is 11.8. The summed E-state index contributed by atoms with van der Waals surface area (Å²) in [5.41, 5.74) is 0.825. The molecule has 0 saturated heterocycles. The van der Waals surface area contributed by atoms with Crippen molar-refractivity contribution in [2.75, 3.05) is 0 Å². The van der Waals surface area contributed by atoms with Crippen molar-refractivity contribution in [1.82, 2.24) is 15.5 Å². The van der Waals surface area contributed by atoms with Gasteiger partial charge >= 0.3 is 0 Å². The highest BCUT2D eigenvalue weighted by Crippen LogP contribution is 2.62. The van der Waals surface area contributed by atoms with Crippen LogP contribution in [0.1, 0.15) is 51.7 Å². The second-order valence-corrected chi connectivity index (χ2v) is 6.96. The van der Waals surface area contributed by atoms with Gasteiger partial charge in [0, 0.05) is 6.04 Å². The maximum absolute atomic E-state index is 5.18. The highest BCUT2D eigenvalue weighted by Gasteiger charge is 2.58. The summed E-state index contributed by atoms with van der Waals surface area (Å²) in [5.74, 6) is 2.28. The van der Waals surface area contributed by atoms with Gasteiger partial charge in [0.1, 0.15) is 0 Å². The quantitative estimate of drug-likeness (QED) is 0.894. The first-order chi connectivity index (χ1) is 8.42. The van der Waals surface area contributed by atoms with Crippen LogP contribution in [0.5, 0.6) is 0 Å². The number of nitrogens with zero attached hydrogens (tertiary/aromatic N) is 2. The Morgan fingerprint density at radius 2 is 2.17 bits per heavy atom. The Kier molecular flexibility index (Phi) is 2.56. The monoisotopic (exact) mass is 249 g/mol. The average molecular weight is 249 g/mol. The molecule has 2 fully saturated rings. The molecule has 2 aliphatic rings. The molecule has 1 heterocycles. The molecule has 2 bridgehead atoms. The van der Waals surface area contributed by atoms with Crippen molar-refractivity contribution >= 4 is 0 Å². The highest BCUT2D eigenvalue weighted by molar-refractivity contribution is 5.12. The van der Waals surface area contributed by atoms with E-state index in [-0.39, 0.29) is 0 Å². The standard InChI is InChI=1S/C14H23N3O/c1-9-16-11(18-17-9)8-15-12-13(2,3)10-5-6-14(12,4)7-10/h10,12,15H,5-8H2,1-4H3. The first kappa shape index (κ1) is 12.2. The number of nitrogens with one attached hydrogen (secondary N) is 1. The van der Waals surface area contributed by atoms with Gasteiger partial charge in [0.25, 0.3) is 0 Å². The Bertz CT molecular complexity index is 449. The lowest BCUT2D eigenvalue weighted by molar-refractivity contribution is 0.105. The fourth-order valence-corrected chi connectivity index (χ4v) is 4.41. The first-order valence-electron chi connectivity index (χ1n) is 6.94. The molecule has 1 N–H and O–H groups in total. The van der Waals surface area contributed by atoms with Crippen LogP contribution in [0.2, 0.25) is 0 Å². The van der Waals surface area contributed by atoms with Gasteiger partial charge < -0.3 is 9.84 Å². The molecule has 4 nitrogen and oxygen atoms in total. The van der Waals surface area contributed by atoms with E-state index in [1.807, 2.05) is 6.92 Å². The van der Waals surface area contributed by atoms with E-state index in [1.54, 1.807) is 0 Å². The van der Waals surface area contributed by atoms with Crippen molar-refractivity contribution in [3.63, 3.8) is 0 Å². The van der Waals surface area contributed by atoms with E-state index in [1.165, 1.54) is 19.3 Å². The maximum atomic E-state index is 5.18. The van der Waals surface area contributed by atoms with Crippen LogP contribution in [0.15, 0.2) is 4.52 Å². The Hall–Kier alpha value is -0.900. The molecular formula is C14H23N3O. The largest absolute Gasteiger partial charge is 0.338 e. The predicted octanol–water partition coefficient (Wildman–Crippen LogP) is 2.68. The van der Waals surface area contributed by atoms with E-state index in [4.69, 9.17) is 4.52 Å². The van der Waals surface area contributed by atoms with Gasteiger partial charge in [0.15, 0.2) is 5.82 Å². The van der Waals surface area contributed by atoms with Gasteiger partial charge in [-0.25, -0.2) is 0 Å². The molecule has 0 spiro atoms. The van der Waals surface area contributed by atoms with Crippen LogP contribution < -0.4 is 5.32 Å². The average Bonchev–Trinajstić information content (AvgIpc) is 2.89. The molecule has 3 rings (SSSR count). The summed E-state index contributed by atoms with van der Waals surface area (Å²) < 4.78 is 5.18. The second kappa shape index (κ2) is 3.80. The maximum Gasteiger partial charge on any atom is 0.240 e. The number of hydrogen-bond acceptors (Lipinski definition) is 4. The van der Waals surface area contributed by atoms with Gasteiger partial charge in [-0.15, -0.1) is 0 Å². The van der Waals surface area contributed by atoms with Gasteiger partial charge in [-0.3, -0.25) is 0 Å². The summed E-state index contributed by atoms with van der Waals surface area (Å²) in [4.78, 5) is 4.26. The highest BCUT2D eigenvalue weighted by atomic mass is 16.5. The second-order valence-electron chi connectivity index (χ2n) is 6.96. The SMILES string of the molecule is Cc1noc(CNC2C3(C)CCC(C3)C2(C)C)n1.